The van der Waals surface area contributed by atoms with E-state index in [1.165, 1.54) is 0 Å². The Morgan fingerprint density at radius 2 is 1.43 bits per heavy atom. The number of ether oxygens (including phenoxy) is 2. The lowest BCUT2D eigenvalue weighted by atomic mass is 10.1. The molecule has 0 aliphatic carbocycles. The van der Waals surface area contributed by atoms with Gasteiger partial charge < -0.3 is 9.47 Å². The number of benzene rings is 2. The molecule has 0 atom stereocenters. The van der Waals surface area contributed by atoms with Crippen molar-refractivity contribution >= 4 is 12.1 Å². The average molecular weight is 378 g/mol. The molecule has 28 heavy (non-hydrogen) atoms. The molecular formula is C22H22N2O4. The highest BCUT2D eigenvalue weighted by Gasteiger charge is 2.26. The Labute approximate surface area is 163 Å². The fourth-order valence-corrected chi connectivity index (χ4v) is 2.82. The molecule has 1 heterocycles. The van der Waals surface area contributed by atoms with Gasteiger partial charge in [-0.25, -0.2) is 9.59 Å². The minimum Gasteiger partial charge on any atom is -0.456 e. The number of rotatable bonds is 6. The van der Waals surface area contributed by atoms with Crippen molar-refractivity contribution in [2.75, 3.05) is 0 Å². The van der Waals surface area contributed by atoms with Crippen LogP contribution in [0.4, 0.5) is 4.79 Å². The molecule has 0 saturated heterocycles. The summed E-state index contributed by atoms with van der Waals surface area (Å²) in [5.41, 5.74) is 3.09. The van der Waals surface area contributed by atoms with Crippen molar-refractivity contribution < 1.29 is 19.1 Å². The maximum absolute atomic E-state index is 12.7. The fourth-order valence-electron chi connectivity index (χ4n) is 2.82. The van der Waals surface area contributed by atoms with Crippen LogP contribution in [-0.2, 0) is 29.1 Å². The van der Waals surface area contributed by atoms with Crippen molar-refractivity contribution in [3.63, 3.8) is 0 Å². The lowest BCUT2D eigenvalue weighted by Gasteiger charge is -2.09. The summed E-state index contributed by atoms with van der Waals surface area (Å²) >= 11 is 0. The second-order valence-electron chi connectivity index (χ2n) is 6.29. The van der Waals surface area contributed by atoms with Crippen LogP contribution in [0.3, 0.4) is 0 Å². The van der Waals surface area contributed by atoms with E-state index < -0.39 is 12.1 Å². The highest BCUT2D eigenvalue weighted by atomic mass is 16.6. The first-order chi connectivity index (χ1) is 13.6. The summed E-state index contributed by atoms with van der Waals surface area (Å²) in [6.07, 6.45) is -0.123. The molecule has 3 rings (SSSR count). The van der Waals surface area contributed by atoms with Gasteiger partial charge in [-0.1, -0.05) is 67.6 Å². The predicted molar refractivity (Wildman–Crippen MR) is 104 cm³/mol. The molecule has 2 aromatic carbocycles. The van der Waals surface area contributed by atoms with Gasteiger partial charge in [0.25, 0.3) is 0 Å². The van der Waals surface area contributed by atoms with Gasteiger partial charge in [0.2, 0.25) is 0 Å². The molecule has 0 radical (unpaired) electrons. The van der Waals surface area contributed by atoms with Crippen LogP contribution in [0.2, 0.25) is 0 Å². The van der Waals surface area contributed by atoms with Gasteiger partial charge in [-0.05, 0) is 24.5 Å². The fraction of sp³-hybridized carbons (Fsp3) is 0.227. The molecule has 0 fully saturated rings. The first-order valence-electron chi connectivity index (χ1n) is 9.10. The number of nitrogens with zero attached hydrogens (tertiary/aromatic N) is 2. The zero-order valence-electron chi connectivity index (χ0n) is 15.9. The van der Waals surface area contributed by atoms with Gasteiger partial charge in [-0.2, -0.15) is 9.78 Å². The van der Waals surface area contributed by atoms with Gasteiger partial charge >= 0.3 is 12.1 Å². The van der Waals surface area contributed by atoms with E-state index >= 15 is 0 Å². The monoisotopic (exact) mass is 378 g/mol. The van der Waals surface area contributed by atoms with E-state index in [2.05, 4.69) is 5.10 Å². The first kappa shape index (κ1) is 19.4. The molecule has 6 heteroatoms. The van der Waals surface area contributed by atoms with Crippen LogP contribution < -0.4 is 0 Å². The topological polar surface area (TPSA) is 70.4 Å². The molecule has 0 aliphatic heterocycles. The van der Waals surface area contributed by atoms with Crippen LogP contribution in [0, 0.1) is 6.92 Å². The normalized spacial score (nSPS) is 10.5. The van der Waals surface area contributed by atoms with Crippen LogP contribution in [0.15, 0.2) is 60.7 Å². The first-order valence-corrected chi connectivity index (χ1v) is 9.10. The number of aryl methyl sites for hydroxylation is 1. The Morgan fingerprint density at radius 1 is 0.893 bits per heavy atom. The van der Waals surface area contributed by atoms with Crippen molar-refractivity contribution in [1.29, 1.82) is 0 Å². The Kier molecular flexibility index (Phi) is 6.22. The predicted octanol–water partition coefficient (Wildman–Crippen LogP) is 4.30. The van der Waals surface area contributed by atoms with Gasteiger partial charge in [0.1, 0.15) is 13.2 Å². The van der Waals surface area contributed by atoms with Crippen LogP contribution in [-0.4, -0.2) is 21.8 Å². The van der Waals surface area contributed by atoms with Crippen molar-refractivity contribution in [1.82, 2.24) is 9.78 Å². The highest BCUT2D eigenvalue weighted by molar-refractivity contribution is 5.93. The second kappa shape index (κ2) is 8.99. The summed E-state index contributed by atoms with van der Waals surface area (Å²) in [5.74, 6) is -0.606. The van der Waals surface area contributed by atoms with Gasteiger partial charge in [0.05, 0.1) is 5.69 Å². The standard InChI is InChI=1S/C22H22N2O4/c1-3-19-16(2)20(21(25)27-14-17-10-6-4-7-11-17)24(23-19)22(26)28-15-18-12-8-5-9-13-18/h4-13H,3,14-15H2,1-2H3. The van der Waals surface area contributed by atoms with Gasteiger partial charge in [-0.15, -0.1) is 0 Å². The van der Waals surface area contributed by atoms with E-state index in [1.54, 1.807) is 6.92 Å². The van der Waals surface area contributed by atoms with Crippen LogP contribution in [0.5, 0.6) is 0 Å². The molecule has 0 N–H and O–H groups in total. The third-order valence-electron chi connectivity index (χ3n) is 4.34. The molecule has 6 nitrogen and oxygen atoms in total. The quantitative estimate of drug-likeness (QED) is 0.598. The van der Waals surface area contributed by atoms with E-state index in [4.69, 9.17) is 9.47 Å². The Balaban J connectivity index is 1.77. The Morgan fingerprint density at radius 3 is 1.96 bits per heavy atom. The highest BCUT2D eigenvalue weighted by Crippen LogP contribution is 2.17. The zero-order chi connectivity index (χ0) is 19.9. The lowest BCUT2D eigenvalue weighted by Crippen LogP contribution is -2.22. The van der Waals surface area contributed by atoms with E-state index in [9.17, 15) is 9.59 Å². The number of hydrogen-bond acceptors (Lipinski definition) is 5. The number of hydrogen-bond donors (Lipinski definition) is 0. The molecule has 0 unspecified atom stereocenters. The SMILES string of the molecule is CCc1nn(C(=O)OCc2ccccc2)c(C(=O)OCc2ccccc2)c1C. The van der Waals surface area contributed by atoms with E-state index in [0.29, 0.717) is 17.7 Å². The van der Waals surface area contributed by atoms with Crippen molar-refractivity contribution in [2.45, 2.75) is 33.5 Å². The second-order valence-corrected chi connectivity index (χ2v) is 6.29. The van der Waals surface area contributed by atoms with Crippen molar-refractivity contribution in [3.8, 4) is 0 Å². The molecule has 0 saturated carbocycles. The summed E-state index contributed by atoms with van der Waals surface area (Å²) in [6.45, 7) is 3.88. The summed E-state index contributed by atoms with van der Waals surface area (Å²) < 4.78 is 11.7. The summed E-state index contributed by atoms with van der Waals surface area (Å²) in [7, 11) is 0. The third kappa shape index (κ3) is 4.46. The number of esters is 1. The number of carbonyl (C=O) groups excluding carboxylic acids is 2. The summed E-state index contributed by atoms with van der Waals surface area (Å²) in [6, 6.07) is 18.7. The molecule has 1 aromatic heterocycles. The molecule has 0 spiro atoms. The summed E-state index contributed by atoms with van der Waals surface area (Å²) in [5, 5.41) is 4.26. The lowest BCUT2D eigenvalue weighted by molar-refractivity contribution is 0.0454. The van der Waals surface area contributed by atoms with Crippen molar-refractivity contribution in [2.24, 2.45) is 0 Å². The minimum atomic E-state index is -0.710. The molecular weight excluding hydrogens is 356 g/mol. The van der Waals surface area contributed by atoms with Crippen molar-refractivity contribution in [3.05, 3.63) is 88.7 Å². The smallest absolute Gasteiger partial charge is 0.435 e. The van der Waals surface area contributed by atoms with Crippen LogP contribution in [0.25, 0.3) is 0 Å². The average Bonchev–Trinajstić information content (AvgIpc) is 3.08. The molecule has 0 bridgehead atoms. The molecule has 0 aliphatic rings. The largest absolute Gasteiger partial charge is 0.456 e. The molecule has 0 amide bonds. The maximum Gasteiger partial charge on any atom is 0.435 e. The Hall–Kier alpha value is -3.41. The van der Waals surface area contributed by atoms with E-state index in [0.717, 1.165) is 15.8 Å². The number of aromatic nitrogens is 2. The summed E-state index contributed by atoms with van der Waals surface area (Å²) in [4.78, 5) is 25.2. The van der Waals surface area contributed by atoms with Gasteiger partial charge in [0.15, 0.2) is 5.69 Å². The van der Waals surface area contributed by atoms with Crippen LogP contribution in [0.1, 0.15) is 39.8 Å². The molecule has 144 valence electrons. The van der Waals surface area contributed by atoms with Gasteiger partial charge in [0, 0.05) is 5.56 Å². The maximum atomic E-state index is 12.7. The van der Waals surface area contributed by atoms with Crippen LogP contribution >= 0.6 is 0 Å². The minimum absolute atomic E-state index is 0.0958. The third-order valence-corrected chi connectivity index (χ3v) is 4.34. The molecule has 3 aromatic rings. The zero-order valence-corrected chi connectivity index (χ0v) is 15.9. The van der Waals surface area contributed by atoms with E-state index in [-0.39, 0.29) is 18.9 Å². The number of carbonyl (C=O) groups is 2. The Bertz CT molecular complexity index is 949. The van der Waals surface area contributed by atoms with E-state index in [1.807, 2.05) is 67.6 Å². The van der Waals surface area contributed by atoms with Gasteiger partial charge in [-0.3, -0.25) is 0 Å².